The molecule has 0 radical (unpaired) electrons. The van der Waals surface area contributed by atoms with Gasteiger partial charge in [-0.05, 0) is 48.1 Å². The Hall–Kier alpha value is -3.14. The molecule has 0 unspecified atom stereocenters. The first-order valence-electron chi connectivity index (χ1n) is 9.89. The van der Waals surface area contributed by atoms with Crippen molar-refractivity contribution >= 4 is 11.7 Å². The van der Waals surface area contributed by atoms with Crippen LogP contribution in [0.5, 0.6) is 0 Å². The normalized spacial score (nSPS) is 13.1. The second kappa shape index (κ2) is 8.70. The quantitative estimate of drug-likeness (QED) is 0.666. The minimum absolute atomic E-state index is 0.0332. The number of benzene rings is 2. The molecule has 4 nitrogen and oxygen atoms in total. The lowest BCUT2D eigenvalue weighted by Gasteiger charge is -2.29. The molecule has 2 heterocycles. The lowest BCUT2D eigenvalue weighted by atomic mass is 10.00. The molecule has 3 aromatic rings. The molecule has 4 heteroatoms. The summed E-state index contributed by atoms with van der Waals surface area (Å²) in [6.45, 7) is 2.43. The van der Waals surface area contributed by atoms with E-state index in [9.17, 15) is 4.79 Å². The van der Waals surface area contributed by atoms with Crippen LogP contribution < -0.4 is 10.2 Å². The predicted molar refractivity (Wildman–Crippen MR) is 113 cm³/mol. The van der Waals surface area contributed by atoms with Gasteiger partial charge in [-0.25, -0.2) is 4.98 Å². The second-order valence-corrected chi connectivity index (χ2v) is 7.19. The van der Waals surface area contributed by atoms with Crippen LogP contribution in [0, 0.1) is 0 Å². The van der Waals surface area contributed by atoms with Gasteiger partial charge in [0.15, 0.2) is 0 Å². The van der Waals surface area contributed by atoms with Crippen molar-refractivity contribution in [3.05, 3.63) is 95.2 Å². The number of amides is 1. The maximum absolute atomic E-state index is 12.5. The standard InChI is InChI=1S/C24H25N3O/c28-24(26-14-6-9-19-7-2-1-3-8-19)21-12-15-25-23(17-21)27-16-13-20-10-4-5-11-22(20)18-27/h1-5,7-8,10-12,15,17H,6,9,13-14,16,18H2,(H,26,28). The largest absolute Gasteiger partial charge is 0.352 e. The number of fused-ring (bicyclic) bond motifs is 1. The zero-order chi connectivity index (χ0) is 19.2. The third-order valence-electron chi connectivity index (χ3n) is 5.23. The lowest BCUT2D eigenvalue weighted by Crippen LogP contribution is -2.31. The van der Waals surface area contributed by atoms with Crippen molar-refractivity contribution in [3.8, 4) is 0 Å². The molecule has 4 rings (SSSR count). The van der Waals surface area contributed by atoms with Gasteiger partial charge in [-0.15, -0.1) is 0 Å². The Morgan fingerprint density at radius 1 is 1.00 bits per heavy atom. The first-order valence-corrected chi connectivity index (χ1v) is 9.89. The Morgan fingerprint density at radius 2 is 1.79 bits per heavy atom. The third kappa shape index (κ3) is 4.39. The van der Waals surface area contributed by atoms with Crippen molar-refractivity contribution in [1.82, 2.24) is 10.3 Å². The fourth-order valence-corrected chi connectivity index (χ4v) is 3.67. The summed E-state index contributed by atoms with van der Waals surface area (Å²) >= 11 is 0. The molecular weight excluding hydrogens is 346 g/mol. The average Bonchev–Trinajstić information content (AvgIpc) is 2.77. The predicted octanol–water partition coefficient (Wildman–Crippen LogP) is 4.01. The van der Waals surface area contributed by atoms with Crippen molar-refractivity contribution < 1.29 is 4.79 Å². The van der Waals surface area contributed by atoms with Crippen LogP contribution in [0.2, 0.25) is 0 Å². The molecule has 0 atom stereocenters. The SMILES string of the molecule is O=C(NCCCc1ccccc1)c1ccnc(N2CCc3ccccc3C2)c1. The number of pyridine rings is 1. The number of rotatable bonds is 6. The summed E-state index contributed by atoms with van der Waals surface area (Å²) < 4.78 is 0. The van der Waals surface area contributed by atoms with Gasteiger partial charge in [0.25, 0.3) is 5.91 Å². The van der Waals surface area contributed by atoms with E-state index < -0.39 is 0 Å². The number of hydrogen-bond acceptors (Lipinski definition) is 3. The van der Waals surface area contributed by atoms with E-state index in [0.717, 1.165) is 38.2 Å². The van der Waals surface area contributed by atoms with Crippen LogP contribution in [-0.2, 0) is 19.4 Å². The summed E-state index contributed by atoms with van der Waals surface area (Å²) in [5.74, 6) is 0.834. The van der Waals surface area contributed by atoms with Crippen LogP contribution in [0.15, 0.2) is 72.9 Å². The molecule has 1 aliphatic rings. The number of anilines is 1. The van der Waals surface area contributed by atoms with Gasteiger partial charge < -0.3 is 10.2 Å². The van der Waals surface area contributed by atoms with Gasteiger partial charge in [0.1, 0.15) is 5.82 Å². The van der Waals surface area contributed by atoms with E-state index in [4.69, 9.17) is 0 Å². The number of nitrogens with zero attached hydrogens (tertiary/aromatic N) is 2. The molecule has 2 aromatic carbocycles. The van der Waals surface area contributed by atoms with Crippen molar-refractivity contribution in [2.24, 2.45) is 0 Å². The van der Waals surface area contributed by atoms with Gasteiger partial charge in [-0.3, -0.25) is 4.79 Å². The molecule has 0 bridgehead atoms. The Bertz CT molecular complexity index is 939. The second-order valence-electron chi connectivity index (χ2n) is 7.19. The van der Waals surface area contributed by atoms with Gasteiger partial charge in [0.05, 0.1) is 0 Å². The summed E-state index contributed by atoms with van der Waals surface area (Å²) in [6, 6.07) is 22.6. The molecule has 0 aliphatic carbocycles. The van der Waals surface area contributed by atoms with Gasteiger partial charge in [0.2, 0.25) is 0 Å². The van der Waals surface area contributed by atoms with Gasteiger partial charge in [-0.2, -0.15) is 0 Å². The fourth-order valence-electron chi connectivity index (χ4n) is 3.67. The summed E-state index contributed by atoms with van der Waals surface area (Å²) in [5, 5.41) is 3.03. The molecule has 1 N–H and O–H groups in total. The first kappa shape index (κ1) is 18.2. The Kier molecular flexibility index (Phi) is 5.66. The van der Waals surface area contributed by atoms with E-state index in [1.165, 1.54) is 16.7 Å². The van der Waals surface area contributed by atoms with Crippen LogP contribution >= 0.6 is 0 Å². The highest BCUT2D eigenvalue weighted by molar-refractivity contribution is 5.94. The van der Waals surface area contributed by atoms with Crippen LogP contribution in [0.3, 0.4) is 0 Å². The topological polar surface area (TPSA) is 45.2 Å². The molecule has 0 saturated carbocycles. The molecule has 0 fully saturated rings. The molecule has 1 aliphatic heterocycles. The fraction of sp³-hybridized carbons (Fsp3) is 0.250. The van der Waals surface area contributed by atoms with E-state index >= 15 is 0 Å². The van der Waals surface area contributed by atoms with Crippen molar-refractivity contribution in [3.63, 3.8) is 0 Å². The number of nitrogens with one attached hydrogen (secondary N) is 1. The molecule has 1 amide bonds. The van der Waals surface area contributed by atoms with Crippen LogP contribution in [-0.4, -0.2) is 24.0 Å². The van der Waals surface area contributed by atoms with E-state index in [0.29, 0.717) is 12.1 Å². The van der Waals surface area contributed by atoms with Crippen molar-refractivity contribution in [2.45, 2.75) is 25.8 Å². The highest BCUT2D eigenvalue weighted by atomic mass is 16.1. The maximum Gasteiger partial charge on any atom is 0.251 e. The van der Waals surface area contributed by atoms with Crippen LogP contribution in [0.25, 0.3) is 0 Å². The van der Waals surface area contributed by atoms with Gasteiger partial charge in [0, 0.05) is 31.4 Å². The van der Waals surface area contributed by atoms with E-state index in [2.05, 4.69) is 51.6 Å². The smallest absolute Gasteiger partial charge is 0.251 e. The van der Waals surface area contributed by atoms with Crippen molar-refractivity contribution in [1.29, 1.82) is 0 Å². The summed E-state index contributed by atoms with van der Waals surface area (Å²) in [5.41, 5.74) is 4.72. The van der Waals surface area contributed by atoms with Crippen molar-refractivity contribution in [2.75, 3.05) is 18.0 Å². The number of hydrogen-bond donors (Lipinski definition) is 1. The zero-order valence-electron chi connectivity index (χ0n) is 16.0. The van der Waals surface area contributed by atoms with Crippen LogP contribution in [0.4, 0.5) is 5.82 Å². The molecule has 0 spiro atoms. The Labute approximate surface area is 166 Å². The first-order chi connectivity index (χ1) is 13.8. The maximum atomic E-state index is 12.5. The number of aromatic nitrogens is 1. The molecule has 28 heavy (non-hydrogen) atoms. The molecule has 0 saturated heterocycles. The lowest BCUT2D eigenvalue weighted by molar-refractivity contribution is 0.0953. The minimum Gasteiger partial charge on any atom is -0.352 e. The molecular formula is C24H25N3O. The summed E-state index contributed by atoms with van der Waals surface area (Å²) in [4.78, 5) is 19.3. The average molecular weight is 371 g/mol. The molecule has 142 valence electrons. The number of aryl methyl sites for hydroxylation is 1. The summed E-state index contributed by atoms with van der Waals surface area (Å²) in [6.07, 6.45) is 4.63. The number of carbonyl (C=O) groups excluding carboxylic acids is 1. The highest BCUT2D eigenvalue weighted by Gasteiger charge is 2.18. The van der Waals surface area contributed by atoms with Crippen LogP contribution in [0.1, 0.15) is 33.5 Å². The monoisotopic (exact) mass is 371 g/mol. The zero-order valence-corrected chi connectivity index (χ0v) is 16.0. The number of carbonyl (C=O) groups is 1. The van der Waals surface area contributed by atoms with E-state index in [1.807, 2.05) is 24.3 Å². The third-order valence-corrected chi connectivity index (χ3v) is 5.23. The van der Waals surface area contributed by atoms with E-state index in [-0.39, 0.29) is 5.91 Å². The highest BCUT2D eigenvalue weighted by Crippen LogP contribution is 2.23. The molecule has 1 aromatic heterocycles. The van der Waals surface area contributed by atoms with Gasteiger partial charge in [-0.1, -0.05) is 54.6 Å². The Balaban J connectivity index is 1.34. The Morgan fingerprint density at radius 3 is 2.64 bits per heavy atom. The summed E-state index contributed by atoms with van der Waals surface area (Å²) in [7, 11) is 0. The van der Waals surface area contributed by atoms with E-state index in [1.54, 1.807) is 12.3 Å². The minimum atomic E-state index is -0.0332. The van der Waals surface area contributed by atoms with Gasteiger partial charge >= 0.3 is 0 Å².